The molecule has 130 valence electrons. The number of likely N-dealkylation sites (N-methyl/N-ethyl adjacent to an activating group) is 1. The summed E-state index contributed by atoms with van der Waals surface area (Å²) in [5, 5.41) is 4.15. The highest BCUT2D eigenvalue weighted by atomic mass is 16.1. The van der Waals surface area contributed by atoms with Gasteiger partial charge in [0.05, 0.1) is 0 Å². The van der Waals surface area contributed by atoms with Crippen molar-refractivity contribution in [1.82, 2.24) is 20.1 Å². The van der Waals surface area contributed by atoms with Crippen LogP contribution in [0, 0.1) is 12.8 Å². The van der Waals surface area contributed by atoms with Gasteiger partial charge in [-0.3, -0.25) is 4.79 Å². The minimum atomic E-state index is -0.0194. The number of H-pyrrole nitrogens is 1. The van der Waals surface area contributed by atoms with E-state index in [2.05, 4.69) is 53.1 Å². The van der Waals surface area contributed by atoms with E-state index in [9.17, 15) is 4.79 Å². The number of amides is 1. The van der Waals surface area contributed by atoms with Gasteiger partial charge in [0.2, 0.25) is 0 Å². The van der Waals surface area contributed by atoms with E-state index in [-0.39, 0.29) is 5.91 Å². The van der Waals surface area contributed by atoms with Crippen molar-refractivity contribution in [3.63, 3.8) is 0 Å². The van der Waals surface area contributed by atoms with Gasteiger partial charge >= 0.3 is 0 Å². The molecule has 0 saturated carbocycles. The molecule has 1 aliphatic heterocycles. The maximum Gasteiger partial charge on any atom is 0.267 e. The second-order valence-corrected chi connectivity index (χ2v) is 7.19. The molecule has 1 aliphatic rings. The van der Waals surface area contributed by atoms with Gasteiger partial charge in [-0.1, -0.05) is 19.1 Å². The monoisotopic (exact) mass is 328 g/mol. The van der Waals surface area contributed by atoms with Crippen LogP contribution >= 0.6 is 0 Å². The summed E-state index contributed by atoms with van der Waals surface area (Å²) < 4.78 is 0. The number of hydrogen-bond donors (Lipinski definition) is 2. The van der Waals surface area contributed by atoms with Gasteiger partial charge in [-0.05, 0) is 37.6 Å². The normalized spacial score (nSPS) is 18.0. The minimum absolute atomic E-state index is 0.0194. The number of rotatable bonds is 5. The van der Waals surface area contributed by atoms with Gasteiger partial charge < -0.3 is 20.1 Å². The Bertz CT molecular complexity index is 700. The standard InChI is InChI=1S/C19H28N4O/c1-14-4-5-16-11-18(21-17(16)10-14)19(24)20-12-15(2)13-23-8-6-22(3)7-9-23/h4-5,10-11,15,21H,6-9,12-13H2,1-3H3,(H,20,24)/t15-/m0/s1. The summed E-state index contributed by atoms with van der Waals surface area (Å²) in [5.41, 5.74) is 2.85. The Morgan fingerprint density at radius 2 is 2.00 bits per heavy atom. The molecule has 1 aromatic carbocycles. The summed E-state index contributed by atoms with van der Waals surface area (Å²) in [7, 11) is 2.17. The number of aromatic amines is 1. The van der Waals surface area contributed by atoms with Crippen molar-refractivity contribution in [3.8, 4) is 0 Å². The first kappa shape index (κ1) is 17.0. The van der Waals surface area contributed by atoms with Gasteiger partial charge in [-0.25, -0.2) is 0 Å². The second-order valence-electron chi connectivity index (χ2n) is 7.19. The van der Waals surface area contributed by atoms with E-state index in [1.165, 1.54) is 5.56 Å². The van der Waals surface area contributed by atoms with Crippen molar-refractivity contribution in [1.29, 1.82) is 0 Å². The molecule has 0 bridgehead atoms. The van der Waals surface area contributed by atoms with Gasteiger partial charge in [-0.15, -0.1) is 0 Å². The molecule has 2 N–H and O–H groups in total. The number of aryl methyl sites for hydroxylation is 1. The van der Waals surface area contributed by atoms with Crippen molar-refractivity contribution in [3.05, 3.63) is 35.5 Å². The lowest BCUT2D eigenvalue weighted by molar-refractivity contribution is 0.0933. The topological polar surface area (TPSA) is 51.4 Å². The zero-order chi connectivity index (χ0) is 17.1. The highest BCUT2D eigenvalue weighted by Gasteiger charge is 2.17. The Morgan fingerprint density at radius 3 is 2.75 bits per heavy atom. The highest BCUT2D eigenvalue weighted by Crippen LogP contribution is 2.16. The first-order chi connectivity index (χ1) is 11.5. The van der Waals surface area contributed by atoms with E-state index >= 15 is 0 Å². The SMILES string of the molecule is Cc1ccc2cc(C(=O)NC[C@H](C)CN3CCN(C)CC3)[nH]c2c1. The van der Waals surface area contributed by atoms with Gasteiger partial charge in [0.15, 0.2) is 0 Å². The molecule has 0 radical (unpaired) electrons. The van der Waals surface area contributed by atoms with E-state index in [4.69, 9.17) is 0 Å². The Hall–Kier alpha value is -1.85. The molecule has 1 fully saturated rings. The van der Waals surface area contributed by atoms with Crippen molar-refractivity contribution >= 4 is 16.8 Å². The van der Waals surface area contributed by atoms with Crippen LogP contribution in [0.5, 0.6) is 0 Å². The summed E-state index contributed by atoms with van der Waals surface area (Å²) in [6, 6.07) is 8.11. The van der Waals surface area contributed by atoms with Gasteiger partial charge in [-0.2, -0.15) is 0 Å². The van der Waals surface area contributed by atoms with Crippen LogP contribution in [0.4, 0.5) is 0 Å². The average Bonchev–Trinajstić information content (AvgIpc) is 2.98. The summed E-state index contributed by atoms with van der Waals surface area (Å²) in [4.78, 5) is 20.4. The van der Waals surface area contributed by atoms with Crippen LogP contribution in [0.2, 0.25) is 0 Å². The molecule has 3 rings (SSSR count). The number of carbonyl (C=O) groups excluding carboxylic acids is 1. The molecule has 24 heavy (non-hydrogen) atoms. The van der Waals surface area contributed by atoms with Crippen LogP contribution in [0.3, 0.4) is 0 Å². The molecular weight excluding hydrogens is 300 g/mol. The molecule has 1 atom stereocenters. The van der Waals surface area contributed by atoms with Crippen LogP contribution in [-0.2, 0) is 0 Å². The number of piperazine rings is 1. The fraction of sp³-hybridized carbons (Fsp3) is 0.526. The maximum atomic E-state index is 12.4. The predicted molar refractivity (Wildman–Crippen MR) is 98.5 cm³/mol. The Balaban J connectivity index is 1.50. The minimum Gasteiger partial charge on any atom is -0.351 e. The molecule has 1 saturated heterocycles. The van der Waals surface area contributed by atoms with Crippen LogP contribution in [0.15, 0.2) is 24.3 Å². The Morgan fingerprint density at radius 1 is 1.25 bits per heavy atom. The molecule has 0 aliphatic carbocycles. The van der Waals surface area contributed by atoms with Crippen LogP contribution in [-0.4, -0.2) is 67.0 Å². The zero-order valence-electron chi connectivity index (χ0n) is 14.9. The number of nitrogens with zero attached hydrogens (tertiary/aromatic N) is 2. The van der Waals surface area contributed by atoms with Gasteiger partial charge in [0.1, 0.15) is 5.69 Å². The molecule has 1 amide bonds. The van der Waals surface area contributed by atoms with Crippen molar-refractivity contribution in [2.24, 2.45) is 5.92 Å². The molecule has 5 heteroatoms. The van der Waals surface area contributed by atoms with E-state index in [1.807, 2.05) is 12.1 Å². The predicted octanol–water partition coefficient (Wildman–Crippen LogP) is 2.09. The van der Waals surface area contributed by atoms with E-state index < -0.39 is 0 Å². The summed E-state index contributed by atoms with van der Waals surface area (Å²) in [5.74, 6) is 0.429. The van der Waals surface area contributed by atoms with Gasteiger partial charge in [0.25, 0.3) is 5.91 Å². The van der Waals surface area contributed by atoms with Crippen molar-refractivity contribution in [2.45, 2.75) is 13.8 Å². The smallest absolute Gasteiger partial charge is 0.267 e. The maximum absolute atomic E-state index is 12.4. The number of hydrogen-bond acceptors (Lipinski definition) is 3. The molecule has 5 nitrogen and oxygen atoms in total. The number of nitrogens with one attached hydrogen (secondary N) is 2. The van der Waals surface area contributed by atoms with Crippen LogP contribution < -0.4 is 5.32 Å². The number of benzene rings is 1. The third-order valence-electron chi connectivity index (χ3n) is 4.80. The fourth-order valence-corrected chi connectivity index (χ4v) is 3.26. The molecule has 2 heterocycles. The summed E-state index contributed by atoms with van der Waals surface area (Å²) in [6.07, 6.45) is 0. The number of carbonyl (C=O) groups is 1. The summed E-state index contributed by atoms with van der Waals surface area (Å²) in [6.45, 7) is 10.5. The van der Waals surface area contributed by atoms with E-state index in [0.717, 1.165) is 43.6 Å². The first-order valence-corrected chi connectivity index (χ1v) is 8.80. The number of aromatic nitrogens is 1. The lowest BCUT2D eigenvalue weighted by Crippen LogP contribution is -2.46. The van der Waals surface area contributed by atoms with Crippen molar-refractivity contribution in [2.75, 3.05) is 46.3 Å². The summed E-state index contributed by atoms with van der Waals surface area (Å²) >= 11 is 0. The van der Waals surface area contributed by atoms with E-state index in [1.54, 1.807) is 0 Å². The molecule has 0 spiro atoms. The van der Waals surface area contributed by atoms with Gasteiger partial charge in [0, 0.05) is 50.2 Å². The van der Waals surface area contributed by atoms with Crippen molar-refractivity contribution < 1.29 is 4.79 Å². The quantitative estimate of drug-likeness (QED) is 0.884. The Labute approximate surface area is 144 Å². The van der Waals surface area contributed by atoms with Crippen LogP contribution in [0.1, 0.15) is 23.0 Å². The van der Waals surface area contributed by atoms with Crippen LogP contribution in [0.25, 0.3) is 10.9 Å². The molecule has 0 unspecified atom stereocenters. The second kappa shape index (κ2) is 7.36. The highest BCUT2D eigenvalue weighted by molar-refractivity contribution is 5.98. The zero-order valence-corrected chi connectivity index (χ0v) is 14.9. The van der Waals surface area contributed by atoms with E-state index in [0.29, 0.717) is 18.2 Å². The fourth-order valence-electron chi connectivity index (χ4n) is 3.26. The average molecular weight is 328 g/mol. The lowest BCUT2D eigenvalue weighted by Gasteiger charge is -2.33. The third kappa shape index (κ3) is 4.16. The lowest BCUT2D eigenvalue weighted by atomic mass is 10.1. The first-order valence-electron chi connectivity index (χ1n) is 8.80. The Kier molecular flexibility index (Phi) is 5.21. The molecule has 1 aromatic heterocycles. The molecular formula is C19H28N4O. The molecule has 2 aromatic rings. The largest absolute Gasteiger partial charge is 0.351 e. The third-order valence-corrected chi connectivity index (χ3v) is 4.80. The number of fused-ring (bicyclic) bond motifs is 1.